The second-order valence-electron chi connectivity index (χ2n) is 4.66. The number of nitrogens with zero attached hydrogens (tertiary/aromatic N) is 1. The van der Waals surface area contributed by atoms with Gasteiger partial charge in [0, 0.05) is 18.6 Å². The molecule has 0 aliphatic carbocycles. The van der Waals surface area contributed by atoms with Crippen LogP contribution in [-0.2, 0) is 6.54 Å². The van der Waals surface area contributed by atoms with E-state index in [4.69, 9.17) is 5.73 Å². The lowest BCUT2D eigenvalue weighted by molar-refractivity contribution is 0.120. The third kappa shape index (κ3) is 3.80. The lowest BCUT2D eigenvalue weighted by Crippen LogP contribution is -2.47. The number of aliphatic hydroxyl groups is 1. The topological polar surface area (TPSA) is 49.5 Å². The first kappa shape index (κ1) is 14.2. The van der Waals surface area contributed by atoms with Crippen molar-refractivity contribution in [2.45, 2.75) is 38.9 Å². The van der Waals surface area contributed by atoms with E-state index in [1.807, 2.05) is 19.2 Å². The van der Waals surface area contributed by atoms with E-state index in [1.165, 1.54) is 11.1 Å². The summed E-state index contributed by atoms with van der Waals surface area (Å²) in [4.78, 5) is 2.14. The van der Waals surface area contributed by atoms with Crippen LogP contribution in [0.3, 0.4) is 0 Å². The van der Waals surface area contributed by atoms with Gasteiger partial charge in [-0.2, -0.15) is 0 Å². The summed E-state index contributed by atoms with van der Waals surface area (Å²) < 4.78 is 0. The normalized spacial score (nSPS) is 14.9. The molecular weight excluding hydrogens is 212 g/mol. The molecule has 0 saturated heterocycles. The van der Waals surface area contributed by atoms with E-state index in [1.54, 1.807) is 0 Å². The molecule has 0 fully saturated rings. The van der Waals surface area contributed by atoms with Crippen LogP contribution in [0.2, 0.25) is 0 Å². The van der Waals surface area contributed by atoms with Crippen LogP contribution in [0, 0.1) is 6.92 Å². The highest BCUT2D eigenvalue weighted by atomic mass is 16.3. The third-order valence-corrected chi connectivity index (χ3v) is 3.40. The summed E-state index contributed by atoms with van der Waals surface area (Å²) in [5.41, 5.74) is 8.59. The molecule has 0 aliphatic heterocycles. The maximum atomic E-state index is 9.42. The van der Waals surface area contributed by atoms with Crippen molar-refractivity contribution in [2.24, 2.45) is 5.73 Å². The number of benzene rings is 1. The summed E-state index contributed by atoms with van der Waals surface area (Å²) in [5, 5.41) is 9.42. The summed E-state index contributed by atoms with van der Waals surface area (Å²) >= 11 is 0. The number of likely N-dealkylation sites (N-methyl/N-ethyl adjacent to an activating group) is 1. The van der Waals surface area contributed by atoms with Gasteiger partial charge in [-0.3, -0.25) is 4.90 Å². The van der Waals surface area contributed by atoms with E-state index in [0.717, 1.165) is 13.0 Å². The molecule has 1 aromatic rings. The van der Waals surface area contributed by atoms with Gasteiger partial charge in [0.15, 0.2) is 0 Å². The maximum absolute atomic E-state index is 9.42. The molecule has 0 amide bonds. The summed E-state index contributed by atoms with van der Waals surface area (Å²) in [6.07, 6.45) is 0.878. The zero-order chi connectivity index (χ0) is 12.8. The Morgan fingerprint density at radius 1 is 1.35 bits per heavy atom. The van der Waals surface area contributed by atoms with E-state index in [0.29, 0.717) is 0 Å². The van der Waals surface area contributed by atoms with Crippen LogP contribution in [0.1, 0.15) is 24.5 Å². The maximum Gasteiger partial charge on any atom is 0.0601 e. The van der Waals surface area contributed by atoms with Gasteiger partial charge in [-0.1, -0.05) is 31.2 Å². The second-order valence-corrected chi connectivity index (χ2v) is 4.66. The summed E-state index contributed by atoms with van der Waals surface area (Å²) in [6, 6.07) is 8.37. The van der Waals surface area contributed by atoms with Gasteiger partial charge in [-0.15, -0.1) is 0 Å². The third-order valence-electron chi connectivity index (χ3n) is 3.40. The fourth-order valence-corrected chi connectivity index (χ4v) is 2.05. The molecule has 2 unspecified atom stereocenters. The van der Waals surface area contributed by atoms with Gasteiger partial charge in [0.05, 0.1) is 6.61 Å². The molecule has 0 spiro atoms. The number of aryl methyl sites for hydroxylation is 1. The van der Waals surface area contributed by atoms with Crippen molar-refractivity contribution in [3.05, 3.63) is 35.4 Å². The molecule has 3 nitrogen and oxygen atoms in total. The van der Waals surface area contributed by atoms with Crippen LogP contribution in [0.4, 0.5) is 0 Å². The van der Waals surface area contributed by atoms with Gasteiger partial charge in [-0.25, -0.2) is 0 Å². The van der Waals surface area contributed by atoms with E-state index in [-0.39, 0.29) is 18.7 Å². The quantitative estimate of drug-likeness (QED) is 0.787. The van der Waals surface area contributed by atoms with Crippen molar-refractivity contribution in [3.8, 4) is 0 Å². The molecule has 0 aromatic heterocycles. The number of rotatable bonds is 6. The average molecular weight is 236 g/mol. The Hall–Kier alpha value is -0.900. The first-order chi connectivity index (χ1) is 8.10. The summed E-state index contributed by atoms with van der Waals surface area (Å²) in [5.74, 6) is 0. The molecule has 0 saturated carbocycles. The van der Waals surface area contributed by atoms with E-state index < -0.39 is 0 Å². The van der Waals surface area contributed by atoms with Crippen LogP contribution in [0.5, 0.6) is 0 Å². The van der Waals surface area contributed by atoms with Crippen molar-refractivity contribution in [1.29, 1.82) is 0 Å². The fraction of sp³-hybridized carbons (Fsp3) is 0.571. The lowest BCUT2D eigenvalue weighted by atomic mass is 10.0. The van der Waals surface area contributed by atoms with Gasteiger partial charge in [0.1, 0.15) is 0 Å². The van der Waals surface area contributed by atoms with Crippen LogP contribution in [0.15, 0.2) is 24.3 Å². The highest BCUT2D eigenvalue weighted by molar-refractivity contribution is 5.25. The van der Waals surface area contributed by atoms with Gasteiger partial charge in [0.25, 0.3) is 0 Å². The van der Waals surface area contributed by atoms with E-state index in [2.05, 4.69) is 30.9 Å². The summed E-state index contributed by atoms with van der Waals surface area (Å²) in [6.45, 7) is 5.09. The molecule has 0 radical (unpaired) electrons. The van der Waals surface area contributed by atoms with Crippen LogP contribution in [0.25, 0.3) is 0 Å². The molecule has 0 aliphatic rings. The largest absolute Gasteiger partial charge is 0.395 e. The monoisotopic (exact) mass is 236 g/mol. The highest BCUT2D eigenvalue weighted by Crippen LogP contribution is 2.13. The Bertz CT molecular complexity index is 341. The Morgan fingerprint density at radius 3 is 2.53 bits per heavy atom. The molecule has 96 valence electrons. The standard InChI is InChI=1S/C14H24N2O/c1-4-13(15)14(10-17)16(3)9-12-8-6-5-7-11(12)2/h5-8,13-14,17H,4,9-10,15H2,1-3H3. The molecule has 0 heterocycles. The lowest BCUT2D eigenvalue weighted by Gasteiger charge is -2.31. The van der Waals surface area contributed by atoms with Crippen molar-refractivity contribution >= 4 is 0 Å². The van der Waals surface area contributed by atoms with Crippen LogP contribution >= 0.6 is 0 Å². The fourth-order valence-electron chi connectivity index (χ4n) is 2.05. The van der Waals surface area contributed by atoms with Crippen molar-refractivity contribution in [2.75, 3.05) is 13.7 Å². The minimum Gasteiger partial charge on any atom is -0.395 e. The average Bonchev–Trinajstić information content (AvgIpc) is 2.32. The van der Waals surface area contributed by atoms with Crippen molar-refractivity contribution < 1.29 is 5.11 Å². The van der Waals surface area contributed by atoms with E-state index in [9.17, 15) is 5.11 Å². The van der Waals surface area contributed by atoms with E-state index >= 15 is 0 Å². The van der Waals surface area contributed by atoms with Crippen molar-refractivity contribution in [1.82, 2.24) is 4.90 Å². The minimum absolute atomic E-state index is 0.0222. The molecule has 3 N–H and O–H groups in total. The number of hydrogen-bond donors (Lipinski definition) is 2. The van der Waals surface area contributed by atoms with Gasteiger partial charge < -0.3 is 10.8 Å². The predicted molar refractivity (Wildman–Crippen MR) is 71.8 cm³/mol. The first-order valence-corrected chi connectivity index (χ1v) is 6.21. The minimum atomic E-state index is 0.0222. The summed E-state index contributed by atoms with van der Waals surface area (Å²) in [7, 11) is 2.02. The predicted octanol–water partition coefficient (Wildman–Crippen LogP) is 1.53. The highest BCUT2D eigenvalue weighted by Gasteiger charge is 2.20. The molecule has 1 rings (SSSR count). The van der Waals surface area contributed by atoms with Gasteiger partial charge in [0.2, 0.25) is 0 Å². The Balaban J connectivity index is 2.70. The SMILES string of the molecule is CCC(N)C(CO)N(C)Cc1ccccc1C. The first-order valence-electron chi connectivity index (χ1n) is 6.21. The van der Waals surface area contributed by atoms with Gasteiger partial charge in [-0.05, 0) is 31.5 Å². The zero-order valence-corrected chi connectivity index (χ0v) is 11.1. The smallest absolute Gasteiger partial charge is 0.0601 e. The Morgan fingerprint density at radius 2 is 2.00 bits per heavy atom. The number of nitrogens with two attached hydrogens (primary N) is 1. The molecule has 17 heavy (non-hydrogen) atoms. The Kier molecular flexibility index (Phi) is 5.62. The number of aliphatic hydroxyl groups excluding tert-OH is 1. The molecular formula is C14H24N2O. The second kappa shape index (κ2) is 6.74. The molecule has 0 bridgehead atoms. The number of hydrogen-bond acceptors (Lipinski definition) is 3. The van der Waals surface area contributed by atoms with Crippen LogP contribution < -0.4 is 5.73 Å². The van der Waals surface area contributed by atoms with Crippen molar-refractivity contribution in [3.63, 3.8) is 0 Å². The van der Waals surface area contributed by atoms with Crippen LogP contribution in [-0.4, -0.2) is 35.7 Å². The molecule has 1 aromatic carbocycles. The zero-order valence-electron chi connectivity index (χ0n) is 11.1. The Labute approximate surface area is 104 Å². The molecule has 3 heteroatoms. The molecule has 2 atom stereocenters. The van der Waals surface area contributed by atoms with Gasteiger partial charge >= 0.3 is 0 Å².